The van der Waals surface area contributed by atoms with Crippen molar-refractivity contribution in [2.75, 3.05) is 6.54 Å². The van der Waals surface area contributed by atoms with Gasteiger partial charge >= 0.3 is 5.97 Å². The molecule has 4 nitrogen and oxygen atoms in total. The van der Waals surface area contributed by atoms with Crippen molar-refractivity contribution in [3.8, 4) is 5.75 Å². The van der Waals surface area contributed by atoms with Gasteiger partial charge in [-0.3, -0.25) is 9.59 Å². The first-order valence-corrected chi connectivity index (χ1v) is 8.89. The molecule has 0 radical (unpaired) electrons. The molecule has 0 aliphatic rings. The van der Waals surface area contributed by atoms with Gasteiger partial charge in [-0.1, -0.05) is 19.9 Å². The van der Waals surface area contributed by atoms with Gasteiger partial charge in [0.1, 0.15) is 11.5 Å². The molecule has 0 saturated carbocycles. The summed E-state index contributed by atoms with van der Waals surface area (Å²) >= 11 is 0. The summed E-state index contributed by atoms with van der Waals surface area (Å²) < 4.78 is 5.70. The number of ketones is 1. The van der Waals surface area contributed by atoms with Crippen molar-refractivity contribution < 1.29 is 14.3 Å². The average Bonchev–Trinajstić information content (AvgIpc) is 2.33. The second-order valence-electron chi connectivity index (χ2n) is 8.62. The number of nitrogens with one attached hydrogen (secondary N) is 1. The van der Waals surface area contributed by atoms with Gasteiger partial charge in [-0.05, 0) is 58.7 Å². The fraction of sp³-hybridized carbons (Fsp3) is 0.619. The molecule has 0 fully saturated rings. The zero-order chi connectivity index (χ0) is 19.4. The van der Waals surface area contributed by atoms with Gasteiger partial charge in [0.15, 0.2) is 0 Å². The predicted octanol–water partition coefficient (Wildman–Crippen LogP) is 4.24. The number of ether oxygens (including phenoxy) is 1. The highest BCUT2D eigenvalue weighted by Crippen LogP contribution is 2.38. The molecule has 0 amide bonds. The topological polar surface area (TPSA) is 55.4 Å². The summed E-state index contributed by atoms with van der Waals surface area (Å²) in [6.07, 6.45) is 0.712. The SMILES string of the molecule is CC(=O)CC(C)(C)c1c(C)cc(C)cc1OC(=O)CCNC(C)(C)C. The van der Waals surface area contributed by atoms with Crippen LogP contribution in [0.2, 0.25) is 0 Å². The summed E-state index contributed by atoms with van der Waals surface area (Å²) in [5.74, 6) is 0.433. The minimum atomic E-state index is -0.386. The lowest BCUT2D eigenvalue weighted by atomic mass is 9.77. The third-order valence-corrected chi connectivity index (χ3v) is 4.02. The Hall–Kier alpha value is -1.68. The molecule has 25 heavy (non-hydrogen) atoms. The molecule has 1 N–H and O–H groups in total. The molecule has 0 bridgehead atoms. The first-order valence-electron chi connectivity index (χ1n) is 8.89. The minimum absolute atomic E-state index is 0.0329. The van der Waals surface area contributed by atoms with Crippen LogP contribution in [0.4, 0.5) is 0 Å². The van der Waals surface area contributed by atoms with E-state index in [2.05, 4.69) is 32.2 Å². The first kappa shape index (κ1) is 21.4. The maximum Gasteiger partial charge on any atom is 0.312 e. The van der Waals surface area contributed by atoms with Crippen LogP contribution in [0.15, 0.2) is 12.1 Å². The maximum atomic E-state index is 12.3. The molecular formula is C21H33NO3. The molecule has 0 aliphatic heterocycles. The van der Waals surface area contributed by atoms with Crippen molar-refractivity contribution in [2.24, 2.45) is 0 Å². The first-order chi connectivity index (χ1) is 11.3. The zero-order valence-electron chi connectivity index (χ0n) is 17.0. The smallest absolute Gasteiger partial charge is 0.312 e. The Kier molecular flexibility index (Phi) is 6.95. The molecule has 0 saturated heterocycles. The highest BCUT2D eigenvalue weighted by Gasteiger charge is 2.29. The summed E-state index contributed by atoms with van der Waals surface area (Å²) in [5, 5.41) is 3.29. The number of hydrogen-bond acceptors (Lipinski definition) is 4. The van der Waals surface area contributed by atoms with Gasteiger partial charge in [0.2, 0.25) is 0 Å². The quantitative estimate of drug-likeness (QED) is 0.592. The molecule has 1 aromatic rings. The van der Waals surface area contributed by atoms with E-state index in [9.17, 15) is 9.59 Å². The Morgan fingerprint density at radius 1 is 1.08 bits per heavy atom. The number of benzene rings is 1. The van der Waals surface area contributed by atoms with Gasteiger partial charge in [0.05, 0.1) is 6.42 Å². The molecule has 0 spiro atoms. The largest absolute Gasteiger partial charge is 0.426 e. The van der Waals surface area contributed by atoms with E-state index in [0.29, 0.717) is 25.1 Å². The third kappa shape index (κ3) is 6.99. The summed E-state index contributed by atoms with van der Waals surface area (Å²) in [6.45, 7) is 16.4. The molecule has 4 heteroatoms. The molecule has 1 rings (SSSR count). The normalized spacial score (nSPS) is 12.2. The molecule has 0 atom stereocenters. The number of carbonyl (C=O) groups is 2. The lowest BCUT2D eigenvalue weighted by Gasteiger charge is -2.28. The molecule has 1 aromatic carbocycles. The van der Waals surface area contributed by atoms with Crippen LogP contribution in [-0.2, 0) is 15.0 Å². The number of carbonyl (C=O) groups excluding carboxylic acids is 2. The van der Waals surface area contributed by atoms with Crippen molar-refractivity contribution in [2.45, 2.75) is 79.2 Å². The lowest BCUT2D eigenvalue weighted by Crippen LogP contribution is -2.37. The Bertz CT molecular complexity index is 639. The van der Waals surface area contributed by atoms with E-state index < -0.39 is 0 Å². The van der Waals surface area contributed by atoms with Crippen LogP contribution in [-0.4, -0.2) is 23.8 Å². The van der Waals surface area contributed by atoms with Crippen LogP contribution in [0.25, 0.3) is 0 Å². The van der Waals surface area contributed by atoms with E-state index in [0.717, 1.165) is 16.7 Å². The molecule has 0 heterocycles. The second kappa shape index (κ2) is 8.13. The maximum absolute atomic E-state index is 12.3. The Labute approximate surface area is 152 Å². The number of rotatable bonds is 7. The fourth-order valence-electron chi connectivity index (χ4n) is 3.30. The fourth-order valence-corrected chi connectivity index (χ4v) is 3.30. The third-order valence-electron chi connectivity index (χ3n) is 4.02. The minimum Gasteiger partial charge on any atom is -0.426 e. The van der Waals surface area contributed by atoms with E-state index in [1.165, 1.54) is 0 Å². The summed E-state index contributed by atoms with van der Waals surface area (Å²) in [5.41, 5.74) is 2.60. The summed E-state index contributed by atoms with van der Waals surface area (Å²) in [7, 11) is 0. The van der Waals surface area contributed by atoms with E-state index in [-0.39, 0.29) is 22.7 Å². The van der Waals surface area contributed by atoms with Crippen LogP contribution in [0.1, 0.15) is 71.1 Å². The lowest BCUT2D eigenvalue weighted by molar-refractivity contribution is -0.134. The van der Waals surface area contributed by atoms with Crippen molar-refractivity contribution in [1.29, 1.82) is 0 Å². The van der Waals surface area contributed by atoms with E-state index >= 15 is 0 Å². The number of Topliss-reactive ketones (excluding diaryl/α,β-unsaturated/α-hetero) is 1. The van der Waals surface area contributed by atoms with Crippen LogP contribution in [0.5, 0.6) is 5.75 Å². The Balaban J connectivity index is 3.02. The Morgan fingerprint density at radius 2 is 1.68 bits per heavy atom. The second-order valence-corrected chi connectivity index (χ2v) is 8.62. The standard InChI is InChI=1S/C21H33NO3/c1-14-11-15(2)19(21(7,8)13-16(3)23)17(12-14)25-18(24)9-10-22-20(4,5)6/h11-12,22H,9-10,13H2,1-8H3. The summed E-state index contributed by atoms with van der Waals surface area (Å²) in [6, 6.07) is 3.95. The van der Waals surface area contributed by atoms with Gasteiger partial charge in [0.25, 0.3) is 0 Å². The zero-order valence-corrected chi connectivity index (χ0v) is 17.0. The molecule has 0 unspecified atom stereocenters. The van der Waals surface area contributed by atoms with Gasteiger partial charge in [-0.15, -0.1) is 0 Å². The van der Waals surface area contributed by atoms with Crippen LogP contribution >= 0.6 is 0 Å². The Morgan fingerprint density at radius 3 is 2.20 bits per heavy atom. The van der Waals surface area contributed by atoms with Crippen molar-refractivity contribution in [1.82, 2.24) is 5.32 Å². The number of aryl methyl sites for hydroxylation is 2. The van der Waals surface area contributed by atoms with Crippen LogP contribution in [0, 0.1) is 13.8 Å². The molecule has 140 valence electrons. The van der Waals surface area contributed by atoms with Crippen molar-refractivity contribution >= 4 is 11.8 Å². The van der Waals surface area contributed by atoms with Crippen molar-refractivity contribution in [3.63, 3.8) is 0 Å². The van der Waals surface area contributed by atoms with Crippen LogP contribution in [0.3, 0.4) is 0 Å². The average molecular weight is 347 g/mol. The molecular weight excluding hydrogens is 314 g/mol. The van der Waals surface area contributed by atoms with Gasteiger partial charge in [-0.2, -0.15) is 0 Å². The number of esters is 1. The van der Waals surface area contributed by atoms with E-state index in [4.69, 9.17) is 4.74 Å². The van der Waals surface area contributed by atoms with E-state index in [1.807, 2.05) is 33.8 Å². The summed E-state index contributed by atoms with van der Waals surface area (Å²) in [4.78, 5) is 24.0. The molecule has 0 aromatic heterocycles. The monoisotopic (exact) mass is 347 g/mol. The molecule has 0 aliphatic carbocycles. The van der Waals surface area contributed by atoms with Gasteiger partial charge in [-0.25, -0.2) is 0 Å². The number of hydrogen-bond donors (Lipinski definition) is 1. The van der Waals surface area contributed by atoms with Gasteiger partial charge < -0.3 is 10.1 Å². The van der Waals surface area contributed by atoms with E-state index in [1.54, 1.807) is 6.92 Å². The van der Waals surface area contributed by atoms with Crippen LogP contribution < -0.4 is 10.1 Å². The van der Waals surface area contributed by atoms with Gasteiger partial charge in [0, 0.05) is 29.5 Å². The highest BCUT2D eigenvalue weighted by molar-refractivity contribution is 5.78. The predicted molar refractivity (Wildman–Crippen MR) is 102 cm³/mol. The van der Waals surface area contributed by atoms with Crippen molar-refractivity contribution in [3.05, 3.63) is 28.8 Å². The highest BCUT2D eigenvalue weighted by atomic mass is 16.5.